The molecule has 1 atom stereocenters. The molecule has 0 heterocycles. The van der Waals surface area contributed by atoms with Crippen LogP contribution in [0.4, 0.5) is 0 Å². The van der Waals surface area contributed by atoms with Crippen molar-refractivity contribution >= 4 is 0 Å². The summed E-state index contributed by atoms with van der Waals surface area (Å²) in [5.41, 5.74) is 0. The highest BCUT2D eigenvalue weighted by Crippen LogP contribution is 2.06. The maximum atomic E-state index is 10.2. The van der Waals surface area contributed by atoms with Crippen LogP contribution in [0.3, 0.4) is 0 Å². The topological polar surface area (TPSA) is 46.5 Å². The number of hydrogen-bond donors (Lipinski definition) is 1. The Morgan fingerprint density at radius 3 is 2.22 bits per heavy atom. The molecule has 0 aliphatic carbocycles. The van der Waals surface area contributed by atoms with Gasteiger partial charge in [-0.05, 0) is 12.8 Å². The summed E-state index contributed by atoms with van der Waals surface area (Å²) in [5, 5.41) is 18.7. The second-order valence-corrected chi connectivity index (χ2v) is 2.15. The van der Waals surface area contributed by atoms with Gasteiger partial charge in [-0.25, -0.2) is 0 Å². The molecule has 0 rings (SSSR count). The molecule has 0 bridgehead atoms. The van der Waals surface area contributed by atoms with Crippen molar-refractivity contribution < 1.29 is 5.21 Å². The van der Waals surface area contributed by atoms with Crippen LogP contribution in [0.25, 0.3) is 0 Å². The smallest absolute Gasteiger partial charge is 0.0214 e. The second kappa shape index (κ2) is 4.73. The molecular weight excluding hydrogens is 118 g/mol. The lowest BCUT2D eigenvalue weighted by Crippen LogP contribution is -2.25. The van der Waals surface area contributed by atoms with Crippen molar-refractivity contribution in [2.45, 2.75) is 39.2 Å². The Hall–Kier alpha value is -0.120. The minimum absolute atomic E-state index is 0.0590. The van der Waals surface area contributed by atoms with E-state index in [1.807, 2.05) is 13.8 Å². The highest BCUT2D eigenvalue weighted by Gasteiger charge is 2.02. The van der Waals surface area contributed by atoms with Crippen molar-refractivity contribution in [2.75, 3.05) is 0 Å². The van der Waals surface area contributed by atoms with Crippen LogP contribution < -0.4 is 0 Å². The normalized spacial score (nSPS) is 14.3. The molecule has 0 spiro atoms. The van der Waals surface area contributed by atoms with Crippen molar-refractivity contribution in [1.82, 2.24) is 5.23 Å². The average molecular weight is 132 g/mol. The fourth-order valence-corrected chi connectivity index (χ4v) is 0.804. The van der Waals surface area contributed by atoms with Crippen LogP contribution in [0.15, 0.2) is 0 Å². The van der Waals surface area contributed by atoms with Gasteiger partial charge in [0.1, 0.15) is 0 Å². The van der Waals surface area contributed by atoms with E-state index in [1.54, 1.807) is 0 Å². The van der Waals surface area contributed by atoms with E-state index in [2.05, 4.69) is 0 Å². The summed E-state index contributed by atoms with van der Waals surface area (Å²) < 4.78 is 0. The zero-order valence-corrected chi connectivity index (χ0v) is 6.00. The van der Waals surface area contributed by atoms with E-state index in [9.17, 15) is 5.21 Å². The van der Waals surface area contributed by atoms with E-state index in [0.29, 0.717) is 6.42 Å². The molecule has 0 saturated heterocycles. The van der Waals surface area contributed by atoms with Gasteiger partial charge in [-0.1, -0.05) is 20.3 Å². The first-order valence-electron chi connectivity index (χ1n) is 3.37. The van der Waals surface area contributed by atoms with Crippen LogP contribution in [0.1, 0.15) is 33.1 Å². The van der Waals surface area contributed by atoms with Crippen molar-refractivity contribution in [3.8, 4) is 0 Å². The SMILES string of the molecule is CCCC(CC)N([O-])O. The van der Waals surface area contributed by atoms with E-state index in [0.717, 1.165) is 12.8 Å². The molecule has 0 aliphatic heterocycles. The zero-order chi connectivity index (χ0) is 7.28. The summed E-state index contributed by atoms with van der Waals surface area (Å²) in [4.78, 5) is 0. The van der Waals surface area contributed by atoms with Crippen molar-refractivity contribution in [1.29, 1.82) is 0 Å². The molecule has 0 saturated carbocycles. The molecule has 0 radical (unpaired) electrons. The fourth-order valence-electron chi connectivity index (χ4n) is 0.804. The molecule has 0 fully saturated rings. The van der Waals surface area contributed by atoms with Gasteiger partial charge < -0.3 is 10.4 Å². The highest BCUT2D eigenvalue weighted by molar-refractivity contribution is 4.61. The van der Waals surface area contributed by atoms with Gasteiger partial charge in [0.25, 0.3) is 0 Å². The van der Waals surface area contributed by atoms with Crippen LogP contribution in [0, 0.1) is 5.21 Å². The number of rotatable bonds is 4. The summed E-state index contributed by atoms with van der Waals surface area (Å²) in [5.74, 6) is 0. The quantitative estimate of drug-likeness (QED) is 0.593. The Morgan fingerprint density at radius 1 is 1.56 bits per heavy atom. The molecular formula is C6H14NO2-. The average Bonchev–Trinajstić information content (AvgIpc) is 1.82. The van der Waals surface area contributed by atoms with E-state index in [4.69, 9.17) is 5.21 Å². The summed E-state index contributed by atoms with van der Waals surface area (Å²) in [6.45, 7) is 3.88. The van der Waals surface area contributed by atoms with Crippen LogP contribution in [-0.4, -0.2) is 16.5 Å². The predicted octanol–water partition coefficient (Wildman–Crippen LogP) is 1.75. The Morgan fingerprint density at radius 2 is 2.11 bits per heavy atom. The van der Waals surface area contributed by atoms with Crippen LogP contribution >= 0.6 is 0 Å². The first kappa shape index (κ1) is 8.88. The summed E-state index contributed by atoms with van der Waals surface area (Å²) in [7, 11) is 0. The Balaban J connectivity index is 3.41. The molecule has 56 valence electrons. The molecule has 1 unspecified atom stereocenters. The van der Waals surface area contributed by atoms with Crippen LogP contribution in [0.5, 0.6) is 0 Å². The van der Waals surface area contributed by atoms with Gasteiger partial charge in [-0.15, -0.1) is 0 Å². The highest BCUT2D eigenvalue weighted by atomic mass is 16.8. The van der Waals surface area contributed by atoms with E-state index >= 15 is 0 Å². The maximum Gasteiger partial charge on any atom is 0.0214 e. The zero-order valence-electron chi connectivity index (χ0n) is 6.00. The largest absolute Gasteiger partial charge is 0.762 e. The molecule has 0 aromatic heterocycles. The maximum absolute atomic E-state index is 10.2. The van der Waals surface area contributed by atoms with Crippen molar-refractivity contribution in [3.63, 3.8) is 0 Å². The molecule has 0 amide bonds. The number of hydrogen-bond acceptors (Lipinski definition) is 3. The summed E-state index contributed by atoms with van der Waals surface area (Å²) >= 11 is 0. The van der Waals surface area contributed by atoms with Gasteiger partial charge in [0.05, 0.1) is 0 Å². The van der Waals surface area contributed by atoms with Gasteiger partial charge in [-0.2, -0.15) is 0 Å². The lowest BCUT2D eigenvalue weighted by atomic mass is 10.1. The van der Waals surface area contributed by atoms with E-state index in [1.165, 1.54) is 0 Å². The van der Waals surface area contributed by atoms with Crippen LogP contribution in [-0.2, 0) is 0 Å². The molecule has 9 heavy (non-hydrogen) atoms. The summed E-state index contributed by atoms with van der Waals surface area (Å²) in [6.07, 6.45) is 2.43. The molecule has 1 N–H and O–H groups in total. The van der Waals surface area contributed by atoms with Gasteiger partial charge in [0, 0.05) is 6.04 Å². The predicted molar refractivity (Wildman–Crippen MR) is 36.0 cm³/mol. The van der Waals surface area contributed by atoms with E-state index < -0.39 is 0 Å². The third-order valence-electron chi connectivity index (χ3n) is 1.41. The molecule has 0 aromatic carbocycles. The van der Waals surface area contributed by atoms with Crippen LogP contribution in [0.2, 0.25) is 0 Å². The molecule has 0 aromatic rings. The molecule has 0 aliphatic rings. The van der Waals surface area contributed by atoms with Gasteiger partial charge in [0.15, 0.2) is 0 Å². The molecule has 3 nitrogen and oxygen atoms in total. The molecule has 3 heteroatoms. The van der Waals surface area contributed by atoms with E-state index in [-0.39, 0.29) is 11.3 Å². The van der Waals surface area contributed by atoms with Crippen molar-refractivity contribution in [3.05, 3.63) is 5.21 Å². The fraction of sp³-hybridized carbons (Fsp3) is 1.00. The first-order valence-corrected chi connectivity index (χ1v) is 3.37. The monoisotopic (exact) mass is 132 g/mol. The second-order valence-electron chi connectivity index (χ2n) is 2.15. The first-order chi connectivity index (χ1) is 4.22. The van der Waals surface area contributed by atoms with Crippen molar-refractivity contribution in [2.24, 2.45) is 0 Å². The Bertz CT molecular complexity index is 66.1. The number of hydroxylamine groups is 2. The Labute approximate surface area is 55.8 Å². The van der Waals surface area contributed by atoms with Gasteiger partial charge >= 0.3 is 0 Å². The summed E-state index contributed by atoms with van der Waals surface area (Å²) in [6, 6.07) is -0.199. The lowest BCUT2D eigenvalue weighted by Gasteiger charge is -2.29. The lowest BCUT2D eigenvalue weighted by molar-refractivity contribution is -0.0821. The minimum atomic E-state index is -0.199. The third-order valence-corrected chi connectivity index (χ3v) is 1.41. The van der Waals surface area contributed by atoms with Gasteiger partial charge in [-0.3, -0.25) is 5.23 Å². The minimum Gasteiger partial charge on any atom is -0.762 e. The van der Waals surface area contributed by atoms with Gasteiger partial charge in [0.2, 0.25) is 0 Å². The standard InChI is InChI=1S/C6H14NO2/c1-3-5-6(4-2)7(8)9/h6,8H,3-5H2,1-2H3/q-1. The Kier molecular flexibility index (Phi) is 4.67. The third kappa shape index (κ3) is 3.46. The number of nitrogens with zero attached hydrogens (tertiary/aromatic N) is 1.